The second-order valence-corrected chi connectivity index (χ2v) is 6.76. The van der Waals surface area contributed by atoms with Crippen molar-refractivity contribution in [2.75, 3.05) is 19.0 Å². The molecule has 1 aromatic carbocycles. The molecule has 24 heavy (non-hydrogen) atoms. The number of hydrogen-bond acceptors (Lipinski definition) is 5. The number of thiophene rings is 1. The summed E-state index contributed by atoms with van der Waals surface area (Å²) >= 11 is 1.38. The average molecular weight is 346 g/mol. The molecule has 1 heterocycles. The molecule has 0 saturated heterocycles. The number of methoxy groups -OCH3 is 1. The summed E-state index contributed by atoms with van der Waals surface area (Å²) in [5.41, 5.74) is 8.72. The Morgan fingerprint density at radius 2 is 1.88 bits per heavy atom. The van der Waals surface area contributed by atoms with Gasteiger partial charge in [-0.2, -0.15) is 0 Å². The van der Waals surface area contributed by atoms with E-state index in [9.17, 15) is 9.59 Å². The van der Waals surface area contributed by atoms with Gasteiger partial charge in [-0.15, -0.1) is 11.3 Å². The summed E-state index contributed by atoms with van der Waals surface area (Å²) in [4.78, 5) is 25.3. The quantitative estimate of drug-likeness (QED) is 0.785. The number of aryl methyl sites for hydroxylation is 2. The molecule has 1 aromatic heterocycles. The van der Waals surface area contributed by atoms with E-state index in [2.05, 4.69) is 5.32 Å². The summed E-state index contributed by atoms with van der Waals surface area (Å²) in [7, 11) is 1.34. The Balaban J connectivity index is 2.45. The zero-order valence-electron chi connectivity index (χ0n) is 14.1. The zero-order valence-corrected chi connectivity index (χ0v) is 15.0. The van der Waals surface area contributed by atoms with E-state index in [0.717, 1.165) is 21.6 Å². The maximum atomic E-state index is 12.3. The van der Waals surface area contributed by atoms with Crippen LogP contribution in [-0.2, 0) is 9.53 Å². The van der Waals surface area contributed by atoms with Crippen molar-refractivity contribution in [1.82, 2.24) is 0 Å². The fourth-order valence-electron chi connectivity index (χ4n) is 2.45. The Kier molecular flexibility index (Phi) is 6.11. The van der Waals surface area contributed by atoms with E-state index in [0.29, 0.717) is 30.0 Å². The van der Waals surface area contributed by atoms with E-state index in [1.54, 1.807) is 0 Å². The van der Waals surface area contributed by atoms with Crippen molar-refractivity contribution in [3.05, 3.63) is 40.3 Å². The first kappa shape index (κ1) is 18.2. The summed E-state index contributed by atoms with van der Waals surface area (Å²) < 4.78 is 4.94. The molecule has 2 aromatic rings. The maximum Gasteiger partial charge on any atom is 0.341 e. The highest BCUT2D eigenvalue weighted by Gasteiger charge is 2.24. The van der Waals surface area contributed by atoms with Crippen LogP contribution in [0.2, 0.25) is 0 Å². The van der Waals surface area contributed by atoms with Crippen LogP contribution in [-0.4, -0.2) is 25.5 Å². The van der Waals surface area contributed by atoms with Gasteiger partial charge < -0.3 is 15.8 Å². The highest BCUT2D eigenvalue weighted by Crippen LogP contribution is 2.40. The summed E-state index contributed by atoms with van der Waals surface area (Å²) in [5, 5.41) is 3.35. The van der Waals surface area contributed by atoms with Gasteiger partial charge in [0.2, 0.25) is 5.91 Å². The minimum absolute atomic E-state index is 0.151. The molecule has 5 nitrogen and oxygen atoms in total. The Morgan fingerprint density at radius 3 is 2.46 bits per heavy atom. The Bertz CT molecular complexity index is 735. The molecule has 0 fully saturated rings. The van der Waals surface area contributed by atoms with Gasteiger partial charge in [0, 0.05) is 16.9 Å². The van der Waals surface area contributed by atoms with Crippen LogP contribution in [0, 0.1) is 13.8 Å². The number of amides is 1. The van der Waals surface area contributed by atoms with Gasteiger partial charge in [-0.3, -0.25) is 4.79 Å². The number of ether oxygens (including phenoxy) is 1. The van der Waals surface area contributed by atoms with Gasteiger partial charge in [-0.05, 0) is 32.4 Å². The highest BCUT2D eigenvalue weighted by molar-refractivity contribution is 7.17. The van der Waals surface area contributed by atoms with Gasteiger partial charge in [0.1, 0.15) is 10.6 Å². The van der Waals surface area contributed by atoms with Crippen LogP contribution >= 0.6 is 11.3 Å². The molecule has 0 aliphatic heterocycles. The number of anilines is 1. The first-order valence-electron chi connectivity index (χ1n) is 7.76. The SMILES string of the molecule is COC(=O)c1c(NC(=O)CCCN)sc(C)c1-c1ccc(C)cc1. The average Bonchev–Trinajstić information content (AvgIpc) is 2.89. The van der Waals surface area contributed by atoms with Crippen LogP contribution in [0.1, 0.15) is 33.6 Å². The molecule has 128 valence electrons. The maximum absolute atomic E-state index is 12.3. The van der Waals surface area contributed by atoms with E-state index in [1.165, 1.54) is 18.4 Å². The third kappa shape index (κ3) is 4.01. The molecule has 1 amide bonds. The van der Waals surface area contributed by atoms with Crippen LogP contribution in [0.5, 0.6) is 0 Å². The molecule has 0 bridgehead atoms. The summed E-state index contributed by atoms with van der Waals surface area (Å²) in [6.07, 6.45) is 0.933. The molecule has 2 rings (SSSR count). The van der Waals surface area contributed by atoms with Crippen LogP contribution in [0.25, 0.3) is 11.1 Å². The van der Waals surface area contributed by atoms with Gasteiger partial charge in [-0.1, -0.05) is 29.8 Å². The van der Waals surface area contributed by atoms with E-state index in [1.807, 2.05) is 38.1 Å². The lowest BCUT2D eigenvalue weighted by Crippen LogP contribution is -2.15. The van der Waals surface area contributed by atoms with Crippen molar-refractivity contribution in [3.8, 4) is 11.1 Å². The van der Waals surface area contributed by atoms with Gasteiger partial charge in [0.25, 0.3) is 0 Å². The summed E-state index contributed by atoms with van der Waals surface area (Å²) in [6, 6.07) is 7.92. The number of nitrogens with one attached hydrogen (secondary N) is 1. The lowest BCUT2D eigenvalue weighted by molar-refractivity contribution is -0.116. The van der Waals surface area contributed by atoms with E-state index in [4.69, 9.17) is 10.5 Å². The number of esters is 1. The van der Waals surface area contributed by atoms with E-state index < -0.39 is 5.97 Å². The summed E-state index contributed by atoms with van der Waals surface area (Å²) in [5.74, 6) is -0.605. The number of benzene rings is 1. The Hall–Kier alpha value is -2.18. The lowest BCUT2D eigenvalue weighted by atomic mass is 10.0. The molecular weight excluding hydrogens is 324 g/mol. The van der Waals surface area contributed by atoms with Crippen LogP contribution in [0.3, 0.4) is 0 Å². The van der Waals surface area contributed by atoms with E-state index >= 15 is 0 Å². The minimum Gasteiger partial charge on any atom is -0.465 e. The first-order chi connectivity index (χ1) is 11.5. The number of carbonyl (C=O) groups excluding carboxylic acids is 2. The third-order valence-electron chi connectivity index (χ3n) is 3.67. The van der Waals surface area contributed by atoms with Crippen molar-refractivity contribution in [1.29, 1.82) is 0 Å². The number of carbonyl (C=O) groups is 2. The van der Waals surface area contributed by atoms with Gasteiger partial charge in [0.15, 0.2) is 0 Å². The molecule has 6 heteroatoms. The van der Waals surface area contributed by atoms with Crippen molar-refractivity contribution < 1.29 is 14.3 Å². The lowest BCUT2D eigenvalue weighted by Gasteiger charge is -2.08. The number of hydrogen-bond donors (Lipinski definition) is 2. The van der Waals surface area contributed by atoms with Crippen molar-refractivity contribution in [2.45, 2.75) is 26.7 Å². The second kappa shape index (κ2) is 8.08. The molecule has 0 radical (unpaired) electrons. The normalized spacial score (nSPS) is 10.5. The predicted octanol–water partition coefficient (Wildman–Crippen LogP) is 3.50. The molecule has 3 N–H and O–H groups in total. The van der Waals surface area contributed by atoms with Crippen LogP contribution in [0.15, 0.2) is 24.3 Å². The molecule has 0 saturated carbocycles. The molecule has 0 aliphatic carbocycles. The van der Waals surface area contributed by atoms with E-state index in [-0.39, 0.29) is 5.91 Å². The van der Waals surface area contributed by atoms with Crippen molar-refractivity contribution in [2.24, 2.45) is 5.73 Å². The topological polar surface area (TPSA) is 81.4 Å². The van der Waals surface area contributed by atoms with Crippen LogP contribution in [0.4, 0.5) is 5.00 Å². The number of nitrogens with two attached hydrogens (primary N) is 1. The standard InChI is InChI=1S/C18H22N2O3S/c1-11-6-8-13(9-7-11)15-12(2)24-17(16(15)18(22)23-3)20-14(21)5-4-10-19/h6-9H,4-5,10,19H2,1-3H3,(H,20,21). The van der Waals surface area contributed by atoms with Crippen LogP contribution < -0.4 is 11.1 Å². The zero-order chi connectivity index (χ0) is 17.7. The summed E-state index contributed by atoms with van der Waals surface area (Å²) in [6.45, 7) is 4.39. The molecular formula is C18H22N2O3S. The van der Waals surface area contributed by atoms with Gasteiger partial charge in [0.05, 0.1) is 7.11 Å². The number of rotatable bonds is 6. The Morgan fingerprint density at radius 1 is 1.21 bits per heavy atom. The first-order valence-corrected chi connectivity index (χ1v) is 8.58. The predicted molar refractivity (Wildman–Crippen MR) is 97.5 cm³/mol. The van der Waals surface area contributed by atoms with Crippen molar-refractivity contribution >= 4 is 28.2 Å². The fraction of sp³-hybridized carbons (Fsp3) is 0.333. The molecule has 0 atom stereocenters. The Labute approximate surface area is 145 Å². The molecule has 0 spiro atoms. The monoisotopic (exact) mass is 346 g/mol. The third-order valence-corrected chi connectivity index (χ3v) is 4.70. The van der Waals surface area contributed by atoms with Crippen molar-refractivity contribution in [3.63, 3.8) is 0 Å². The van der Waals surface area contributed by atoms with Gasteiger partial charge in [-0.25, -0.2) is 4.79 Å². The van der Waals surface area contributed by atoms with Gasteiger partial charge >= 0.3 is 5.97 Å². The second-order valence-electron chi connectivity index (χ2n) is 5.54. The fourth-order valence-corrected chi connectivity index (χ4v) is 3.53. The molecule has 0 aliphatic rings. The highest BCUT2D eigenvalue weighted by atomic mass is 32.1. The largest absolute Gasteiger partial charge is 0.465 e. The smallest absolute Gasteiger partial charge is 0.341 e. The molecule has 0 unspecified atom stereocenters. The minimum atomic E-state index is -0.455.